The van der Waals surface area contributed by atoms with E-state index in [1.54, 1.807) is 0 Å². The zero-order valence-electron chi connectivity index (χ0n) is 3.22. The Hall–Kier alpha value is -0.000649. The molecule has 0 saturated carbocycles. The smallest absolute Gasteiger partial charge is 0 e. The average molecular weight is 257 g/mol. The molecule has 0 spiro atoms. The van der Waals surface area contributed by atoms with Gasteiger partial charge in [0.25, 0.3) is 0 Å². The Labute approximate surface area is 50.9 Å². The molecule has 0 heterocycles. The molecule has 0 aromatic heterocycles. The molecule has 0 nitrogen and oxygen atoms in total. The van der Waals surface area contributed by atoms with Gasteiger partial charge in [-0.25, -0.2) is 12.1 Å². The zero-order chi connectivity index (χ0) is 3.54. The third-order valence-electron chi connectivity index (χ3n) is 0.556. The van der Waals surface area contributed by atoms with Gasteiger partial charge in [-0.15, -0.1) is 0 Å². The second kappa shape index (κ2) is 3.20. The van der Waals surface area contributed by atoms with Gasteiger partial charge in [0.1, 0.15) is 0 Å². The number of hydrogen-bond donors (Lipinski definition) is 0. The predicted molar refractivity (Wildman–Crippen MR) is 22.0 cm³/mol. The first-order chi connectivity index (χ1) is 2.50. The molecule has 0 fully saturated rings. The van der Waals surface area contributed by atoms with Crippen molar-refractivity contribution in [3.63, 3.8) is 0 Å². The molecule has 35 valence electrons. The first-order valence-electron chi connectivity index (χ1n) is 1.67. The summed E-state index contributed by atoms with van der Waals surface area (Å²) in [5, 5.41) is 0. The SMILES string of the molecule is [Ir].c1cc[cH-]c1. The molecule has 0 aliphatic heterocycles. The Kier molecular flexibility index (Phi) is 3.20. The van der Waals surface area contributed by atoms with Gasteiger partial charge in [0, 0.05) is 20.1 Å². The third kappa shape index (κ3) is 1.44. The van der Waals surface area contributed by atoms with Crippen LogP contribution in [0.4, 0.5) is 0 Å². The maximum atomic E-state index is 2.00. The van der Waals surface area contributed by atoms with Gasteiger partial charge in [0.05, 0.1) is 0 Å². The topological polar surface area (TPSA) is 0 Å². The fraction of sp³-hybridized carbons (Fsp3) is 0. The van der Waals surface area contributed by atoms with Crippen molar-refractivity contribution >= 4 is 0 Å². The summed E-state index contributed by atoms with van der Waals surface area (Å²) in [6, 6.07) is 10.0. The largest absolute Gasteiger partial charge is 0.214 e. The van der Waals surface area contributed by atoms with Crippen molar-refractivity contribution in [2.45, 2.75) is 0 Å². The van der Waals surface area contributed by atoms with Crippen molar-refractivity contribution in [1.82, 2.24) is 0 Å². The molecule has 6 heavy (non-hydrogen) atoms. The van der Waals surface area contributed by atoms with Crippen molar-refractivity contribution in [2.24, 2.45) is 0 Å². The van der Waals surface area contributed by atoms with Gasteiger partial charge in [-0.3, -0.25) is 0 Å². The molecule has 1 rings (SSSR count). The standard InChI is InChI=1S/C5H5.Ir/c1-2-4-5-3-1;/h1-5H;/q-1;. The third-order valence-corrected chi connectivity index (χ3v) is 0.556. The van der Waals surface area contributed by atoms with E-state index >= 15 is 0 Å². The summed E-state index contributed by atoms with van der Waals surface area (Å²) in [5.74, 6) is 0. The van der Waals surface area contributed by atoms with E-state index in [2.05, 4.69) is 0 Å². The molecule has 0 saturated heterocycles. The van der Waals surface area contributed by atoms with Crippen LogP contribution in [-0.4, -0.2) is 0 Å². The maximum absolute atomic E-state index is 2.00. The second-order valence-corrected chi connectivity index (χ2v) is 0.962. The van der Waals surface area contributed by atoms with Crippen molar-refractivity contribution < 1.29 is 20.1 Å². The van der Waals surface area contributed by atoms with Crippen LogP contribution >= 0.6 is 0 Å². The summed E-state index contributed by atoms with van der Waals surface area (Å²) in [6.45, 7) is 0. The molecule has 1 heteroatoms. The molecule has 1 aromatic carbocycles. The van der Waals surface area contributed by atoms with Crippen LogP contribution in [0.3, 0.4) is 0 Å². The van der Waals surface area contributed by atoms with Crippen LogP contribution in [-0.2, 0) is 20.1 Å². The summed E-state index contributed by atoms with van der Waals surface area (Å²) in [7, 11) is 0. The Balaban J connectivity index is 0.000000250. The minimum Gasteiger partial charge on any atom is -0.214 e. The summed E-state index contributed by atoms with van der Waals surface area (Å²) >= 11 is 0. The van der Waals surface area contributed by atoms with Crippen LogP contribution in [0.15, 0.2) is 30.3 Å². The van der Waals surface area contributed by atoms with Gasteiger partial charge in [-0.2, -0.15) is 18.2 Å². The molecule has 0 unspecified atom stereocenters. The number of rotatable bonds is 0. The van der Waals surface area contributed by atoms with Crippen molar-refractivity contribution in [1.29, 1.82) is 0 Å². The molecular formula is C5H5Ir-. The summed E-state index contributed by atoms with van der Waals surface area (Å²) in [4.78, 5) is 0. The molecule has 0 N–H and O–H groups in total. The molecule has 1 aromatic rings. The van der Waals surface area contributed by atoms with E-state index in [1.807, 2.05) is 30.3 Å². The van der Waals surface area contributed by atoms with Crippen LogP contribution < -0.4 is 0 Å². The van der Waals surface area contributed by atoms with E-state index < -0.39 is 0 Å². The monoisotopic (exact) mass is 258 g/mol. The van der Waals surface area contributed by atoms with E-state index in [0.717, 1.165) is 0 Å². The van der Waals surface area contributed by atoms with E-state index in [9.17, 15) is 0 Å². The normalized spacial score (nSPS) is 6.67. The van der Waals surface area contributed by atoms with E-state index in [0.29, 0.717) is 0 Å². The fourth-order valence-corrected chi connectivity index (χ4v) is 0.321. The van der Waals surface area contributed by atoms with Crippen LogP contribution in [0.25, 0.3) is 0 Å². The molecule has 1 radical (unpaired) electrons. The zero-order valence-corrected chi connectivity index (χ0v) is 5.62. The Morgan fingerprint density at radius 2 is 1.50 bits per heavy atom. The minimum absolute atomic E-state index is 0. The first-order valence-corrected chi connectivity index (χ1v) is 1.67. The molecule has 0 amide bonds. The van der Waals surface area contributed by atoms with Crippen molar-refractivity contribution in [3.05, 3.63) is 30.3 Å². The van der Waals surface area contributed by atoms with Crippen LogP contribution in [0.1, 0.15) is 0 Å². The van der Waals surface area contributed by atoms with Gasteiger partial charge in [-0.05, 0) is 0 Å². The minimum atomic E-state index is 0. The summed E-state index contributed by atoms with van der Waals surface area (Å²) in [5.41, 5.74) is 0. The molecule has 0 aliphatic rings. The molecule has 0 atom stereocenters. The van der Waals surface area contributed by atoms with E-state index in [-0.39, 0.29) is 20.1 Å². The van der Waals surface area contributed by atoms with E-state index in [4.69, 9.17) is 0 Å². The van der Waals surface area contributed by atoms with Gasteiger partial charge >= 0.3 is 0 Å². The molecule has 0 bridgehead atoms. The first kappa shape index (κ1) is 6.00. The summed E-state index contributed by atoms with van der Waals surface area (Å²) in [6.07, 6.45) is 0. The Morgan fingerprint density at radius 3 is 1.67 bits per heavy atom. The maximum Gasteiger partial charge on any atom is 0 e. The Morgan fingerprint density at radius 1 is 1.00 bits per heavy atom. The predicted octanol–water partition coefficient (Wildman–Crippen LogP) is 1.40. The summed E-state index contributed by atoms with van der Waals surface area (Å²) < 4.78 is 0. The second-order valence-electron chi connectivity index (χ2n) is 0.962. The van der Waals surface area contributed by atoms with E-state index in [1.165, 1.54) is 0 Å². The number of hydrogen-bond acceptors (Lipinski definition) is 0. The quantitative estimate of drug-likeness (QED) is 0.616. The van der Waals surface area contributed by atoms with Gasteiger partial charge < -0.3 is 0 Å². The van der Waals surface area contributed by atoms with Crippen molar-refractivity contribution in [2.75, 3.05) is 0 Å². The van der Waals surface area contributed by atoms with Gasteiger partial charge in [-0.1, -0.05) is 0 Å². The Bertz CT molecular complexity index is 60.4. The van der Waals surface area contributed by atoms with Gasteiger partial charge in [0.15, 0.2) is 0 Å². The van der Waals surface area contributed by atoms with Crippen molar-refractivity contribution in [3.8, 4) is 0 Å². The average Bonchev–Trinajstić information content (AvgIpc) is 1.76. The van der Waals surface area contributed by atoms with Crippen LogP contribution in [0.2, 0.25) is 0 Å². The molecule has 0 aliphatic carbocycles. The van der Waals surface area contributed by atoms with Crippen LogP contribution in [0.5, 0.6) is 0 Å². The fourth-order valence-electron chi connectivity index (χ4n) is 0.321. The van der Waals surface area contributed by atoms with Gasteiger partial charge in [0.2, 0.25) is 0 Å². The van der Waals surface area contributed by atoms with Crippen LogP contribution in [0, 0.1) is 0 Å². The molecular weight excluding hydrogens is 252 g/mol.